The predicted octanol–water partition coefficient (Wildman–Crippen LogP) is -2.14. The van der Waals surface area contributed by atoms with Crippen molar-refractivity contribution in [2.45, 2.75) is 24.9 Å². The molecule has 0 saturated carbocycles. The highest BCUT2D eigenvalue weighted by Crippen LogP contribution is 2.66. The first kappa shape index (κ1) is 33.9. The highest BCUT2D eigenvalue weighted by molar-refractivity contribution is 7.66. The average Bonchev–Trinajstić information content (AvgIpc) is 3.20. The van der Waals surface area contributed by atoms with Crippen molar-refractivity contribution in [3.63, 3.8) is 0 Å². The Morgan fingerprint density at radius 1 is 1.14 bits per heavy atom. The Balaban J connectivity index is 1.67. The molecule has 1 aromatic heterocycles. The molecule has 0 aliphatic carbocycles. The highest BCUT2D eigenvalue weighted by Gasteiger charge is 2.43. The molecule has 1 aliphatic rings. The lowest BCUT2D eigenvalue weighted by Gasteiger charge is -2.19. The third-order valence-corrected chi connectivity index (χ3v) is 9.00. The first-order valence-corrected chi connectivity index (χ1v) is 15.8. The Labute approximate surface area is 234 Å². The van der Waals surface area contributed by atoms with E-state index in [4.69, 9.17) is 14.5 Å². The van der Waals surface area contributed by atoms with Gasteiger partial charge in [0.15, 0.2) is 0 Å². The second-order valence-corrected chi connectivity index (χ2v) is 12.8. The number of nitrogens with one attached hydrogen (secondary N) is 2. The van der Waals surface area contributed by atoms with E-state index in [0.717, 1.165) is 22.9 Å². The number of amides is 1. The zero-order valence-electron chi connectivity index (χ0n) is 20.8. The molecule has 24 heteroatoms. The topological polar surface area (TPSA) is 314 Å². The van der Waals surface area contributed by atoms with Crippen molar-refractivity contribution in [2.75, 3.05) is 11.9 Å². The first-order valence-electron chi connectivity index (χ1n) is 11.3. The number of benzene rings is 1. The van der Waals surface area contributed by atoms with Gasteiger partial charge in [-0.3, -0.25) is 23.7 Å². The quantitative estimate of drug-likeness (QED) is 0.0668. The van der Waals surface area contributed by atoms with Crippen molar-refractivity contribution in [1.82, 2.24) is 9.55 Å². The second kappa shape index (κ2) is 13.4. The van der Waals surface area contributed by atoms with Crippen LogP contribution in [0.5, 0.6) is 0 Å². The van der Waals surface area contributed by atoms with Gasteiger partial charge >= 0.3 is 36.3 Å². The second-order valence-electron chi connectivity index (χ2n) is 8.39. The Morgan fingerprint density at radius 3 is 2.48 bits per heavy atom. The number of aliphatic hydroxyl groups is 1. The van der Waals surface area contributed by atoms with Crippen molar-refractivity contribution in [3.8, 4) is 0 Å². The maximum Gasteiger partial charge on any atom is 0.490 e. The number of aromatic amines is 1. The van der Waals surface area contributed by atoms with E-state index in [0.29, 0.717) is 0 Å². The minimum Gasteiger partial charge on any atom is -0.423 e. The van der Waals surface area contributed by atoms with Gasteiger partial charge in [-0.1, -0.05) is 12.1 Å². The largest absolute Gasteiger partial charge is 0.490 e. The van der Waals surface area contributed by atoms with Crippen LogP contribution in [0.15, 0.2) is 46.1 Å². The smallest absolute Gasteiger partial charge is 0.423 e. The lowest BCUT2D eigenvalue weighted by Crippen LogP contribution is -2.33. The number of hydrogen-bond acceptors (Lipinski definition) is 13. The summed E-state index contributed by atoms with van der Waals surface area (Å²) in [6.07, 6.45) is -1.53. The maximum atomic E-state index is 12.4. The predicted molar refractivity (Wildman–Crippen MR) is 140 cm³/mol. The fourth-order valence-corrected chi connectivity index (χ4v) is 6.50. The highest BCUT2D eigenvalue weighted by atomic mass is 31.3. The number of phosphoric acid groups is 3. The van der Waals surface area contributed by atoms with E-state index >= 15 is 0 Å². The van der Waals surface area contributed by atoms with Gasteiger partial charge in [0.2, 0.25) is 5.91 Å². The lowest BCUT2D eigenvalue weighted by atomic mass is 9.80. The minimum atomic E-state index is -5.77. The molecule has 2 heterocycles. The third-order valence-electron chi connectivity index (χ3n) is 5.19. The van der Waals surface area contributed by atoms with Crippen molar-refractivity contribution in [2.24, 2.45) is 0 Å². The lowest BCUT2D eigenvalue weighted by molar-refractivity contribution is -0.111. The van der Waals surface area contributed by atoms with Crippen LogP contribution in [0.2, 0.25) is 0 Å². The third kappa shape index (κ3) is 10.0. The molecule has 1 aromatic carbocycles. The van der Waals surface area contributed by atoms with Gasteiger partial charge in [-0.25, -0.2) is 18.5 Å². The number of H-pyrrole nitrogens is 1. The molecule has 3 rings (SSSR count). The summed E-state index contributed by atoms with van der Waals surface area (Å²) in [6, 6.07) is 5.63. The molecule has 20 nitrogen and oxygen atoms in total. The number of carbonyl (C=O) groups is 1. The zero-order valence-corrected chi connectivity index (χ0v) is 23.5. The molecule has 0 spiro atoms. The summed E-state index contributed by atoms with van der Waals surface area (Å²) in [5, 5.41) is 31.1. The van der Waals surface area contributed by atoms with Crippen molar-refractivity contribution in [3.05, 3.63) is 62.9 Å². The van der Waals surface area contributed by atoms with Crippen molar-refractivity contribution < 1.29 is 71.1 Å². The van der Waals surface area contributed by atoms with Gasteiger partial charge in [0.1, 0.15) is 12.3 Å². The summed E-state index contributed by atoms with van der Waals surface area (Å²) in [6.45, 7) is -0.985. The van der Waals surface area contributed by atoms with E-state index in [2.05, 4.69) is 18.5 Å². The van der Waals surface area contributed by atoms with Gasteiger partial charge in [-0.05, 0) is 23.7 Å². The van der Waals surface area contributed by atoms with Crippen LogP contribution in [0.1, 0.15) is 18.2 Å². The molecule has 1 saturated heterocycles. The number of rotatable bonds is 12. The molecule has 5 atom stereocenters. The van der Waals surface area contributed by atoms with Crippen LogP contribution < -0.4 is 22.0 Å². The van der Waals surface area contributed by atoms with E-state index in [-0.39, 0.29) is 23.1 Å². The molecule has 2 unspecified atom stereocenters. The number of aromatic nitrogens is 2. The molecule has 9 N–H and O–H groups in total. The SMILES string of the molecule is O=C(/C=C/c1cn([C@H]2C[C@H](O)[C@@H](COP(=O)(O)OP(=O)(O)OP(=O)(O)O)O2)c(=O)[nH]c1=O)Nc1cccc(B(O)O)c1. The zero-order chi connectivity index (χ0) is 31.5. The number of nitrogens with zero attached hydrogens (tertiary/aromatic N) is 1. The van der Waals surface area contributed by atoms with E-state index in [1.165, 1.54) is 24.3 Å². The molecule has 42 heavy (non-hydrogen) atoms. The van der Waals surface area contributed by atoms with Crippen LogP contribution in [0.3, 0.4) is 0 Å². The molecular weight excluding hydrogens is 634 g/mol. The summed E-state index contributed by atoms with van der Waals surface area (Å²) < 4.78 is 51.9. The Kier molecular flexibility index (Phi) is 10.8. The van der Waals surface area contributed by atoms with Gasteiger partial charge in [0, 0.05) is 24.4 Å². The summed E-state index contributed by atoms with van der Waals surface area (Å²) in [4.78, 5) is 74.8. The van der Waals surface area contributed by atoms with Crippen LogP contribution in [-0.4, -0.2) is 76.1 Å². The molecular formula is C18H23BN3O17P3. The van der Waals surface area contributed by atoms with Crippen molar-refractivity contribution >= 4 is 53.7 Å². The molecule has 1 aliphatic heterocycles. The van der Waals surface area contributed by atoms with Crippen LogP contribution in [0.25, 0.3) is 6.08 Å². The average molecular weight is 657 g/mol. The fraction of sp³-hybridized carbons (Fsp3) is 0.278. The number of aliphatic hydroxyl groups excluding tert-OH is 1. The molecule has 0 bridgehead atoms. The number of anilines is 1. The van der Waals surface area contributed by atoms with E-state index < -0.39 is 72.8 Å². The molecule has 0 radical (unpaired) electrons. The van der Waals surface area contributed by atoms with Gasteiger partial charge in [-0.2, -0.15) is 8.62 Å². The first-order chi connectivity index (χ1) is 19.3. The van der Waals surface area contributed by atoms with Crippen LogP contribution in [-0.2, 0) is 36.4 Å². The van der Waals surface area contributed by atoms with Crippen LogP contribution >= 0.6 is 23.5 Å². The summed E-state index contributed by atoms with van der Waals surface area (Å²) in [5.41, 5.74) is -1.77. The van der Waals surface area contributed by atoms with E-state index in [1.807, 2.05) is 4.98 Å². The molecule has 230 valence electrons. The molecule has 2 aromatic rings. The van der Waals surface area contributed by atoms with Gasteiger partial charge < -0.3 is 44.8 Å². The number of phosphoric ester groups is 1. The number of hydrogen-bond donors (Lipinski definition) is 9. The van der Waals surface area contributed by atoms with Crippen LogP contribution in [0.4, 0.5) is 5.69 Å². The Bertz CT molecular complexity index is 1600. The molecule has 1 fully saturated rings. The monoisotopic (exact) mass is 657 g/mol. The van der Waals surface area contributed by atoms with Crippen molar-refractivity contribution in [1.29, 1.82) is 0 Å². The standard InChI is InChI=1S/C18H23BN3O17P3/c23-13-7-16(37-14(13)9-36-41(32,33)39-42(34,35)38-40(29,30)31)22-8-10(17(25)21-18(22)26)4-5-15(24)20-12-3-1-2-11(6-12)19(27)28/h1-6,8,13-14,16,23,27-28H,7,9H2,(H,20,24)(H,32,33)(H,34,35)(H,21,25,26)(H2,29,30,31)/b5-4+/t13-,14+,16+/m0/s1. The maximum absolute atomic E-state index is 12.4. The minimum absolute atomic E-state index is 0.111. The Morgan fingerprint density at radius 2 is 1.83 bits per heavy atom. The number of ether oxygens (including phenoxy) is 1. The number of carbonyl (C=O) groups excluding carboxylic acids is 1. The van der Waals surface area contributed by atoms with Gasteiger partial charge in [-0.15, -0.1) is 0 Å². The van der Waals surface area contributed by atoms with E-state index in [1.54, 1.807) is 0 Å². The summed E-state index contributed by atoms with van der Waals surface area (Å²) in [7, 11) is -18.6. The Hall–Kier alpha value is -2.58. The van der Waals surface area contributed by atoms with Gasteiger partial charge in [0.25, 0.3) is 5.56 Å². The van der Waals surface area contributed by atoms with E-state index in [9.17, 15) is 53.0 Å². The fourth-order valence-electron chi connectivity index (χ4n) is 3.47. The normalized spacial score (nSPS) is 22.0. The van der Waals surface area contributed by atoms with Crippen LogP contribution in [0, 0.1) is 0 Å². The molecule has 1 amide bonds. The summed E-state index contributed by atoms with van der Waals surface area (Å²) in [5.74, 6) is -0.726. The summed E-state index contributed by atoms with van der Waals surface area (Å²) >= 11 is 0. The van der Waals surface area contributed by atoms with Gasteiger partial charge in [0.05, 0.1) is 18.3 Å².